The average Bonchev–Trinajstić information content (AvgIpc) is 3.34. The van der Waals surface area contributed by atoms with Gasteiger partial charge in [-0.25, -0.2) is 4.98 Å². The van der Waals surface area contributed by atoms with Gasteiger partial charge in [0, 0.05) is 12.7 Å². The molecule has 1 fully saturated rings. The molecule has 1 aliphatic rings. The summed E-state index contributed by atoms with van der Waals surface area (Å²) in [6, 6.07) is 21.1. The normalized spacial score (nSPS) is 14.4. The molecule has 1 aliphatic carbocycles. The molecule has 0 radical (unpaired) electrons. The fourth-order valence-corrected chi connectivity index (χ4v) is 5.50. The SMILES string of the molecule is CC(C)c1ccnc(-c2nc3nc(C#N)nc(NC(c4ccccc4)C4CCC4)c3n2Cc2ccc(C(F)(F)F)cc2)c1. The van der Waals surface area contributed by atoms with Crippen molar-refractivity contribution < 1.29 is 13.2 Å². The Bertz CT molecular complexity index is 1780. The van der Waals surface area contributed by atoms with Gasteiger partial charge in [-0.2, -0.15) is 28.4 Å². The van der Waals surface area contributed by atoms with Gasteiger partial charge in [-0.3, -0.25) is 4.98 Å². The molecule has 1 N–H and O–H groups in total. The Labute approximate surface area is 247 Å². The van der Waals surface area contributed by atoms with Crippen LogP contribution in [0.3, 0.4) is 0 Å². The summed E-state index contributed by atoms with van der Waals surface area (Å²) in [6.45, 7) is 4.36. The lowest BCUT2D eigenvalue weighted by Crippen LogP contribution is -2.27. The topological polar surface area (TPSA) is 92.3 Å². The van der Waals surface area contributed by atoms with Gasteiger partial charge in [0.25, 0.3) is 0 Å². The van der Waals surface area contributed by atoms with Gasteiger partial charge in [0.15, 0.2) is 17.3 Å². The van der Waals surface area contributed by atoms with Crippen LogP contribution in [0.1, 0.15) is 73.1 Å². The number of nitriles is 1. The van der Waals surface area contributed by atoms with Crippen molar-refractivity contribution in [1.82, 2.24) is 24.5 Å². The van der Waals surface area contributed by atoms with Gasteiger partial charge < -0.3 is 9.88 Å². The summed E-state index contributed by atoms with van der Waals surface area (Å²) in [5.41, 5.74) is 3.57. The van der Waals surface area contributed by atoms with Crippen LogP contribution in [0.5, 0.6) is 0 Å². The molecule has 10 heteroatoms. The molecular weight excluding hydrogens is 551 g/mol. The number of pyridine rings is 1. The van der Waals surface area contributed by atoms with Crippen LogP contribution in [-0.4, -0.2) is 24.5 Å². The van der Waals surface area contributed by atoms with E-state index in [9.17, 15) is 18.4 Å². The highest BCUT2D eigenvalue weighted by molar-refractivity contribution is 5.87. The van der Waals surface area contributed by atoms with Crippen molar-refractivity contribution in [2.75, 3.05) is 5.32 Å². The fourth-order valence-electron chi connectivity index (χ4n) is 5.50. The van der Waals surface area contributed by atoms with E-state index in [0.717, 1.165) is 42.5 Å². The lowest BCUT2D eigenvalue weighted by atomic mass is 9.77. The summed E-state index contributed by atoms with van der Waals surface area (Å²) in [5.74, 6) is 1.54. The maximum Gasteiger partial charge on any atom is 0.416 e. The van der Waals surface area contributed by atoms with Crippen LogP contribution in [0.4, 0.5) is 19.0 Å². The Morgan fingerprint density at radius 3 is 2.35 bits per heavy atom. The number of aromatic nitrogens is 5. The minimum absolute atomic E-state index is 0.0231. The average molecular weight is 582 g/mol. The first-order chi connectivity index (χ1) is 20.7. The zero-order valence-electron chi connectivity index (χ0n) is 23.8. The van der Waals surface area contributed by atoms with E-state index in [-0.39, 0.29) is 24.3 Å². The predicted octanol–water partition coefficient (Wildman–Crippen LogP) is 7.90. The van der Waals surface area contributed by atoms with Crippen molar-refractivity contribution in [1.29, 1.82) is 5.26 Å². The molecule has 218 valence electrons. The first kappa shape index (κ1) is 28.3. The molecule has 3 aromatic heterocycles. The second kappa shape index (κ2) is 11.5. The summed E-state index contributed by atoms with van der Waals surface area (Å²) in [7, 11) is 0. The highest BCUT2D eigenvalue weighted by Crippen LogP contribution is 2.41. The van der Waals surface area contributed by atoms with Crippen LogP contribution >= 0.6 is 0 Å². The van der Waals surface area contributed by atoms with Gasteiger partial charge in [0.05, 0.1) is 11.6 Å². The summed E-state index contributed by atoms with van der Waals surface area (Å²) >= 11 is 0. The summed E-state index contributed by atoms with van der Waals surface area (Å²) in [5, 5.41) is 13.4. The van der Waals surface area contributed by atoms with Crippen molar-refractivity contribution in [3.63, 3.8) is 0 Å². The van der Waals surface area contributed by atoms with Crippen LogP contribution in [0, 0.1) is 17.2 Å². The first-order valence-corrected chi connectivity index (χ1v) is 14.3. The molecule has 0 saturated heterocycles. The molecule has 1 unspecified atom stereocenters. The molecule has 5 aromatic rings. The molecule has 6 rings (SSSR count). The maximum absolute atomic E-state index is 13.3. The molecule has 3 heterocycles. The van der Waals surface area contributed by atoms with Crippen molar-refractivity contribution in [2.24, 2.45) is 5.92 Å². The molecule has 43 heavy (non-hydrogen) atoms. The molecule has 0 amide bonds. The van der Waals surface area contributed by atoms with Gasteiger partial charge >= 0.3 is 6.18 Å². The first-order valence-electron chi connectivity index (χ1n) is 14.3. The van der Waals surface area contributed by atoms with Crippen LogP contribution in [0.15, 0.2) is 72.9 Å². The van der Waals surface area contributed by atoms with Gasteiger partial charge in [-0.1, -0.05) is 62.7 Å². The number of anilines is 1. The number of nitrogens with zero attached hydrogens (tertiary/aromatic N) is 6. The number of hydrogen-bond acceptors (Lipinski definition) is 6. The number of nitrogens with one attached hydrogen (secondary N) is 1. The summed E-state index contributed by atoms with van der Waals surface area (Å²) in [4.78, 5) is 18.5. The van der Waals surface area contributed by atoms with E-state index in [0.29, 0.717) is 40.0 Å². The molecule has 1 atom stereocenters. The molecular formula is C33H30F3N7. The zero-order valence-corrected chi connectivity index (χ0v) is 23.8. The Morgan fingerprint density at radius 2 is 1.72 bits per heavy atom. The Morgan fingerprint density at radius 1 is 0.977 bits per heavy atom. The molecule has 2 aromatic carbocycles. The van der Waals surface area contributed by atoms with Crippen molar-refractivity contribution >= 4 is 17.0 Å². The second-order valence-corrected chi connectivity index (χ2v) is 11.2. The number of hydrogen-bond donors (Lipinski definition) is 1. The van der Waals surface area contributed by atoms with E-state index in [1.54, 1.807) is 6.20 Å². The number of fused-ring (bicyclic) bond motifs is 1. The van der Waals surface area contributed by atoms with Crippen LogP contribution in [0.25, 0.3) is 22.7 Å². The number of alkyl halides is 3. The van der Waals surface area contributed by atoms with Gasteiger partial charge in [0.2, 0.25) is 5.82 Å². The second-order valence-electron chi connectivity index (χ2n) is 11.2. The van der Waals surface area contributed by atoms with Crippen molar-refractivity contribution in [2.45, 2.75) is 57.8 Å². The minimum atomic E-state index is -4.43. The highest BCUT2D eigenvalue weighted by atomic mass is 19.4. The van der Waals surface area contributed by atoms with Gasteiger partial charge in [0.1, 0.15) is 17.3 Å². The quantitative estimate of drug-likeness (QED) is 0.200. The van der Waals surface area contributed by atoms with Crippen LogP contribution < -0.4 is 5.32 Å². The van der Waals surface area contributed by atoms with E-state index < -0.39 is 11.7 Å². The zero-order chi connectivity index (χ0) is 30.1. The van der Waals surface area contributed by atoms with E-state index in [2.05, 4.69) is 52.3 Å². The monoisotopic (exact) mass is 581 g/mol. The highest BCUT2D eigenvalue weighted by Gasteiger charge is 2.32. The number of imidazole rings is 1. The fraction of sp³-hybridized carbons (Fsp3) is 0.303. The Hall–Kier alpha value is -4.78. The Kier molecular flexibility index (Phi) is 7.57. The predicted molar refractivity (Wildman–Crippen MR) is 158 cm³/mol. The van der Waals surface area contributed by atoms with Crippen LogP contribution in [0.2, 0.25) is 0 Å². The Balaban J connectivity index is 1.53. The third kappa shape index (κ3) is 5.80. The standard InChI is InChI=1S/C33H30F3N7/c1-20(2)24-15-16-38-26(17-24)32-42-31-29(43(32)19-21-11-13-25(14-12-21)33(34,35)36)30(39-27(18-37)40-31)41-28(23-9-6-10-23)22-7-4-3-5-8-22/h3-5,7-8,11-17,20,23,28H,6,9-10,19H2,1-2H3,(H,39,40,41). The van der Waals surface area contributed by atoms with Crippen molar-refractivity contribution in [3.8, 4) is 17.6 Å². The van der Waals surface area contributed by atoms with Gasteiger partial charge in [-0.05, 0) is 65.6 Å². The molecule has 7 nitrogen and oxygen atoms in total. The lowest BCUT2D eigenvalue weighted by Gasteiger charge is -2.35. The number of halogens is 3. The molecule has 1 saturated carbocycles. The van der Waals surface area contributed by atoms with E-state index in [1.165, 1.54) is 12.1 Å². The summed E-state index contributed by atoms with van der Waals surface area (Å²) < 4.78 is 41.8. The lowest BCUT2D eigenvalue weighted by molar-refractivity contribution is -0.137. The van der Waals surface area contributed by atoms with E-state index in [4.69, 9.17) is 4.98 Å². The molecule has 0 spiro atoms. The third-order valence-corrected chi connectivity index (χ3v) is 8.08. The summed E-state index contributed by atoms with van der Waals surface area (Å²) in [6.07, 6.45) is 0.563. The largest absolute Gasteiger partial charge is 0.416 e. The van der Waals surface area contributed by atoms with Gasteiger partial charge in [-0.15, -0.1) is 0 Å². The van der Waals surface area contributed by atoms with E-state index >= 15 is 0 Å². The smallest absolute Gasteiger partial charge is 0.361 e. The van der Waals surface area contributed by atoms with Crippen LogP contribution in [-0.2, 0) is 12.7 Å². The number of rotatable bonds is 8. The molecule has 0 bridgehead atoms. The van der Waals surface area contributed by atoms with E-state index in [1.807, 2.05) is 34.9 Å². The third-order valence-electron chi connectivity index (χ3n) is 8.08. The van der Waals surface area contributed by atoms with Crippen molar-refractivity contribution in [3.05, 3.63) is 101 Å². The number of benzene rings is 2. The molecule has 0 aliphatic heterocycles. The maximum atomic E-state index is 13.3. The minimum Gasteiger partial charge on any atom is -0.361 e.